The number of hydrogen-bond donors (Lipinski definition) is 3. The maximum atomic E-state index is 12.3. The highest BCUT2D eigenvalue weighted by atomic mass is 16.2. The third kappa shape index (κ3) is 3.76. The van der Waals surface area contributed by atoms with Crippen LogP contribution in [0.3, 0.4) is 0 Å². The van der Waals surface area contributed by atoms with Crippen molar-refractivity contribution >= 4 is 28.7 Å². The van der Waals surface area contributed by atoms with Crippen LogP contribution in [0.4, 0.5) is 10.5 Å². The smallest absolute Gasteiger partial charge is 0.321 e. The van der Waals surface area contributed by atoms with Gasteiger partial charge in [-0.05, 0) is 42.8 Å². The van der Waals surface area contributed by atoms with Crippen LogP contribution < -0.4 is 15.5 Å². The van der Waals surface area contributed by atoms with E-state index >= 15 is 0 Å². The minimum absolute atomic E-state index is 0.0993. The van der Waals surface area contributed by atoms with Crippen LogP contribution in [-0.4, -0.2) is 41.5 Å². The van der Waals surface area contributed by atoms with E-state index in [0.717, 1.165) is 35.4 Å². The zero-order valence-corrected chi connectivity index (χ0v) is 14.9. The van der Waals surface area contributed by atoms with Gasteiger partial charge in [-0.2, -0.15) is 0 Å². The molecule has 2 aromatic carbocycles. The van der Waals surface area contributed by atoms with Gasteiger partial charge in [0.05, 0.1) is 11.0 Å². The molecule has 2 heterocycles. The van der Waals surface area contributed by atoms with Crippen LogP contribution in [0, 0.1) is 0 Å². The zero-order chi connectivity index (χ0) is 18.6. The fourth-order valence-corrected chi connectivity index (χ4v) is 3.19. The van der Waals surface area contributed by atoms with E-state index < -0.39 is 0 Å². The van der Waals surface area contributed by atoms with Gasteiger partial charge in [0.25, 0.3) is 5.91 Å². The number of benzene rings is 2. The lowest BCUT2D eigenvalue weighted by molar-refractivity contribution is 0.0953. The van der Waals surface area contributed by atoms with Crippen LogP contribution in [0.15, 0.2) is 48.5 Å². The van der Waals surface area contributed by atoms with Gasteiger partial charge < -0.3 is 15.6 Å². The lowest BCUT2D eigenvalue weighted by Gasteiger charge is -2.14. The molecule has 1 fully saturated rings. The first-order valence-corrected chi connectivity index (χ1v) is 9.08. The quantitative estimate of drug-likeness (QED) is 0.588. The molecule has 138 valence electrons. The molecule has 1 saturated heterocycles. The molecule has 0 spiro atoms. The summed E-state index contributed by atoms with van der Waals surface area (Å²) in [6.07, 6.45) is 1.58. The number of hydrogen-bond acceptors (Lipinski definition) is 3. The number of H-pyrrole nitrogens is 1. The fourth-order valence-electron chi connectivity index (χ4n) is 3.19. The number of urea groups is 1. The van der Waals surface area contributed by atoms with Crippen molar-refractivity contribution in [1.82, 2.24) is 20.6 Å². The van der Waals surface area contributed by atoms with Gasteiger partial charge in [0.15, 0.2) is 0 Å². The molecule has 0 atom stereocenters. The number of anilines is 1. The van der Waals surface area contributed by atoms with Gasteiger partial charge in [-0.25, -0.2) is 9.78 Å². The Bertz CT molecular complexity index is 931. The summed E-state index contributed by atoms with van der Waals surface area (Å²) in [6, 6.07) is 14.9. The van der Waals surface area contributed by atoms with Crippen molar-refractivity contribution < 1.29 is 9.59 Å². The summed E-state index contributed by atoms with van der Waals surface area (Å²) in [4.78, 5) is 33.4. The Balaban J connectivity index is 1.27. The van der Waals surface area contributed by atoms with E-state index in [2.05, 4.69) is 20.6 Å². The molecule has 0 radical (unpaired) electrons. The summed E-state index contributed by atoms with van der Waals surface area (Å²) in [6.45, 7) is 1.87. The number of fused-ring (bicyclic) bond motifs is 1. The highest BCUT2D eigenvalue weighted by Crippen LogP contribution is 2.17. The molecule has 27 heavy (non-hydrogen) atoms. The molecular formula is C20H21N5O2. The Hall–Kier alpha value is -3.35. The third-order valence-electron chi connectivity index (χ3n) is 4.61. The number of rotatable bonds is 6. The Morgan fingerprint density at radius 3 is 2.70 bits per heavy atom. The molecule has 0 unspecified atom stereocenters. The number of aromatic nitrogens is 2. The van der Waals surface area contributed by atoms with E-state index in [1.54, 1.807) is 29.2 Å². The number of amides is 3. The van der Waals surface area contributed by atoms with Crippen LogP contribution in [0.2, 0.25) is 0 Å². The Kier molecular flexibility index (Phi) is 4.74. The molecule has 1 aliphatic rings. The first kappa shape index (κ1) is 17.1. The Labute approximate surface area is 156 Å². The van der Waals surface area contributed by atoms with Gasteiger partial charge >= 0.3 is 6.03 Å². The highest BCUT2D eigenvalue weighted by Gasteiger charge is 2.21. The van der Waals surface area contributed by atoms with Gasteiger partial charge in [-0.3, -0.25) is 9.69 Å². The second kappa shape index (κ2) is 7.49. The average molecular weight is 363 g/mol. The SMILES string of the molecule is O=C(NCCCc1nc2ccccc2[nH]1)c1ccc(N2CCNC2=O)cc1. The first-order chi connectivity index (χ1) is 13.2. The van der Waals surface area contributed by atoms with E-state index in [9.17, 15) is 9.59 Å². The molecule has 0 bridgehead atoms. The van der Waals surface area contributed by atoms with Gasteiger partial charge in [0.1, 0.15) is 5.82 Å². The van der Waals surface area contributed by atoms with Crippen molar-refractivity contribution in [2.45, 2.75) is 12.8 Å². The van der Waals surface area contributed by atoms with Gasteiger partial charge in [-0.15, -0.1) is 0 Å². The lowest BCUT2D eigenvalue weighted by atomic mass is 10.2. The Morgan fingerprint density at radius 1 is 1.15 bits per heavy atom. The largest absolute Gasteiger partial charge is 0.352 e. The average Bonchev–Trinajstić information content (AvgIpc) is 3.30. The van der Waals surface area contributed by atoms with E-state index in [1.165, 1.54) is 0 Å². The maximum absolute atomic E-state index is 12.3. The summed E-state index contributed by atoms with van der Waals surface area (Å²) in [5, 5.41) is 5.69. The number of nitrogens with one attached hydrogen (secondary N) is 3. The highest BCUT2D eigenvalue weighted by molar-refractivity contribution is 5.97. The fraction of sp³-hybridized carbons (Fsp3) is 0.250. The summed E-state index contributed by atoms with van der Waals surface area (Å²) in [5.74, 6) is 0.815. The molecule has 4 rings (SSSR count). The molecule has 0 saturated carbocycles. The second-order valence-corrected chi connectivity index (χ2v) is 6.49. The standard InChI is InChI=1S/C20H21N5O2/c26-19(14-7-9-15(10-8-14)25-13-12-22-20(25)27)21-11-3-6-18-23-16-4-1-2-5-17(16)24-18/h1-2,4-5,7-10H,3,6,11-13H2,(H,21,26)(H,22,27)(H,23,24). The number of aryl methyl sites for hydroxylation is 1. The second-order valence-electron chi connectivity index (χ2n) is 6.49. The van der Waals surface area contributed by atoms with Crippen molar-refractivity contribution in [2.24, 2.45) is 0 Å². The van der Waals surface area contributed by atoms with Crippen LogP contribution in [0.25, 0.3) is 11.0 Å². The number of carbonyl (C=O) groups is 2. The topological polar surface area (TPSA) is 90.1 Å². The van der Waals surface area contributed by atoms with Crippen molar-refractivity contribution in [1.29, 1.82) is 0 Å². The van der Waals surface area contributed by atoms with E-state index in [4.69, 9.17) is 0 Å². The summed E-state index contributed by atoms with van der Waals surface area (Å²) >= 11 is 0. The van der Waals surface area contributed by atoms with Gasteiger partial charge in [-0.1, -0.05) is 12.1 Å². The molecule has 7 heteroatoms. The third-order valence-corrected chi connectivity index (χ3v) is 4.61. The van der Waals surface area contributed by atoms with E-state index in [-0.39, 0.29) is 11.9 Å². The number of carbonyl (C=O) groups excluding carboxylic acids is 2. The van der Waals surface area contributed by atoms with Crippen LogP contribution >= 0.6 is 0 Å². The summed E-state index contributed by atoms with van der Waals surface area (Å²) < 4.78 is 0. The summed E-state index contributed by atoms with van der Waals surface area (Å²) in [7, 11) is 0. The normalized spacial score (nSPS) is 13.8. The molecule has 3 aromatic rings. The molecule has 1 aliphatic heterocycles. The predicted octanol–water partition coefficient (Wildman–Crippen LogP) is 2.46. The summed E-state index contributed by atoms with van der Waals surface area (Å²) in [5.41, 5.74) is 3.38. The van der Waals surface area contributed by atoms with E-state index in [1.807, 2.05) is 24.3 Å². The monoisotopic (exact) mass is 363 g/mol. The van der Waals surface area contributed by atoms with Gasteiger partial charge in [0, 0.05) is 37.3 Å². The minimum Gasteiger partial charge on any atom is -0.352 e. The lowest BCUT2D eigenvalue weighted by Crippen LogP contribution is -2.28. The number of para-hydroxylation sites is 2. The van der Waals surface area contributed by atoms with Crippen LogP contribution in [0.1, 0.15) is 22.6 Å². The molecule has 0 aliphatic carbocycles. The number of imidazole rings is 1. The van der Waals surface area contributed by atoms with Gasteiger partial charge in [0.2, 0.25) is 0 Å². The van der Waals surface area contributed by atoms with Crippen LogP contribution in [-0.2, 0) is 6.42 Å². The van der Waals surface area contributed by atoms with Crippen molar-refractivity contribution in [3.05, 3.63) is 59.9 Å². The zero-order valence-electron chi connectivity index (χ0n) is 14.9. The number of aromatic amines is 1. The number of nitrogens with zero attached hydrogens (tertiary/aromatic N) is 2. The van der Waals surface area contributed by atoms with Crippen molar-refractivity contribution in [3.63, 3.8) is 0 Å². The molecule has 3 N–H and O–H groups in total. The first-order valence-electron chi connectivity index (χ1n) is 9.08. The molecular weight excluding hydrogens is 342 g/mol. The molecule has 7 nitrogen and oxygen atoms in total. The maximum Gasteiger partial charge on any atom is 0.321 e. The van der Waals surface area contributed by atoms with Crippen molar-refractivity contribution in [3.8, 4) is 0 Å². The molecule has 3 amide bonds. The Morgan fingerprint density at radius 2 is 1.96 bits per heavy atom. The minimum atomic E-state index is -0.114. The van der Waals surface area contributed by atoms with E-state index in [0.29, 0.717) is 25.2 Å². The van der Waals surface area contributed by atoms with Crippen LogP contribution in [0.5, 0.6) is 0 Å². The van der Waals surface area contributed by atoms with Crippen molar-refractivity contribution in [2.75, 3.05) is 24.5 Å². The predicted molar refractivity (Wildman–Crippen MR) is 104 cm³/mol. The molecule has 1 aromatic heterocycles.